The van der Waals surface area contributed by atoms with Gasteiger partial charge in [0.1, 0.15) is 11.2 Å². The van der Waals surface area contributed by atoms with Gasteiger partial charge in [-0.05, 0) is 56.9 Å². The SMILES string of the molecule is CC(C)NC(=O)C1CCC(Cn2c(=O)c3sccc3n(CC(N)=O)c2=O)CC1. The van der Waals surface area contributed by atoms with Crippen LogP contribution in [0.15, 0.2) is 21.0 Å². The lowest BCUT2D eigenvalue weighted by atomic mass is 9.81. The summed E-state index contributed by atoms with van der Waals surface area (Å²) in [5, 5.41) is 4.68. The Balaban J connectivity index is 1.80. The second-order valence-electron chi connectivity index (χ2n) is 7.77. The molecule has 2 heterocycles. The molecule has 2 amide bonds. The number of aromatic nitrogens is 2. The zero-order valence-corrected chi connectivity index (χ0v) is 17.0. The molecule has 0 atom stereocenters. The van der Waals surface area contributed by atoms with E-state index in [2.05, 4.69) is 5.32 Å². The lowest BCUT2D eigenvalue weighted by Gasteiger charge is -2.28. The molecule has 152 valence electrons. The average molecular weight is 407 g/mol. The summed E-state index contributed by atoms with van der Waals surface area (Å²) in [6.45, 7) is 3.92. The van der Waals surface area contributed by atoms with E-state index < -0.39 is 11.6 Å². The highest BCUT2D eigenvalue weighted by Crippen LogP contribution is 2.30. The van der Waals surface area contributed by atoms with Crippen molar-refractivity contribution in [3.63, 3.8) is 0 Å². The fourth-order valence-electron chi connectivity index (χ4n) is 3.87. The van der Waals surface area contributed by atoms with Crippen molar-refractivity contribution < 1.29 is 9.59 Å². The molecular formula is C19H26N4O4S. The zero-order chi connectivity index (χ0) is 20.4. The second kappa shape index (κ2) is 8.30. The largest absolute Gasteiger partial charge is 0.368 e. The van der Waals surface area contributed by atoms with Gasteiger partial charge in [0.2, 0.25) is 11.8 Å². The van der Waals surface area contributed by atoms with Crippen molar-refractivity contribution in [3.8, 4) is 0 Å². The smallest absolute Gasteiger partial charge is 0.332 e. The fraction of sp³-hybridized carbons (Fsp3) is 0.579. The quantitative estimate of drug-likeness (QED) is 0.745. The second-order valence-corrected chi connectivity index (χ2v) is 8.68. The maximum absolute atomic E-state index is 12.9. The standard InChI is InChI=1S/C19H26N4O4S/c1-11(2)21-17(25)13-5-3-12(4-6-13)9-23-18(26)16-14(7-8-28-16)22(19(23)27)10-15(20)24/h7-8,11-13H,3-6,9-10H2,1-2H3,(H2,20,24)(H,21,25). The first kappa shape index (κ1) is 20.3. The molecule has 1 saturated carbocycles. The molecule has 0 aromatic carbocycles. The van der Waals surface area contributed by atoms with E-state index in [4.69, 9.17) is 5.73 Å². The van der Waals surface area contributed by atoms with E-state index in [1.807, 2.05) is 13.8 Å². The number of carbonyl (C=O) groups is 2. The maximum atomic E-state index is 12.9. The van der Waals surface area contributed by atoms with Gasteiger partial charge in [0.15, 0.2) is 0 Å². The Morgan fingerprint density at radius 2 is 1.89 bits per heavy atom. The van der Waals surface area contributed by atoms with Crippen LogP contribution >= 0.6 is 11.3 Å². The number of hydrogen-bond acceptors (Lipinski definition) is 5. The molecule has 2 aromatic heterocycles. The molecular weight excluding hydrogens is 380 g/mol. The molecule has 1 fully saturated rings. The number of rotatable bonds is 6. The molecule has 0 saturated heterocycles. The van der Waals surface area contributed by atoms with E-state index >= 15 is 0 Å². The van der Waals surface area contributed by atoms with Gasteiger partial charge in [-0.3, -0.25) is 23.5 Å². The highest BCUT2D eigenvalue weighted by molar-refractivity contribution is 7.17. The summed E-state index contributed by atoms with van der Waals surface area (Å²) in [5.41, 5.74) is 4.90. The number of primary amides is 1. The first-order chi connectivity index (χ1) is 13.3. The molecule has 0 unspecified atom stereocenters. The summed E-state index contributed by atoms with van der Waals surface area (Å²) in [4.78, 5) is 49.2. The van der Waals surface area contributed by atoms with Crippen molar-refractivity contribution in [1.29, 1.82) is 0 Å². The van der Waals surface area contributed by atoms with Gasteiger partial charge in [-0.1, -0.05) is 0 Å². The van der Waals surface area contributed by atoms with Crippen LogP contribution in [0.1, 0.15) is 39.5 Å². The van der Waals surface area contributed by atoms with Gasteiger partial charge in [0.05, 0.1) is 5.52 Å². The Kier molecular flexibility index (Phi) is 6.02. The van der Waals surface area contributed by atoms with Gasteiger partial charge >= 0.3 is 5.69 Å². The van der Waals surface area contributed by atoms with Crippen LogP contribution in [-0.4, -0.2) is 27.0 Å². The molecule has 9 heteroatoms. The van der Waals surface area contributed by atoms with E-state index in [1.165, 1.54) is 20.5 Å². The summed E-state index contributed by atoms with van der Waals surface area (Å²) in [6.07, 6.45) is 3.05. The number of fused-ring (bicyclic) bond motifs is 1. The van der Waals surface area contributed by atoms with E-state index in [0.717, 1.165) is 25.7 Å². The third-order valence-corrected chi connectivity index (χ3v) is 6.13. The fourth-order valence-corrected chi connectivity index (χ4v) is 4.71. The van der Waals surface area contributed by atoms with Crippen LogP contribution in [-0.2, 0) is 22.7 Å². The van der Waals surface area contributed by atoms with Crippen molar-refractivity contribution in [3.05, 3.63) is 32.3 Å². The van der Waals surface area contributed by atoms with Crippen molar-refractivity contribution in [2.24, 2.45) is 17.6 Å². The highest BCUT2D eigenvalue weighted by atomic mass is 32.1. The van der Waals surface area contributed by atoms with Gasteiger partial charge in [-0.15, -0.1) is 11.3 Å². The molecule has 3 rings (SSSR count). The van der Waals surface area contributed by atoms with Crippen molar-refractivity contribution in [2.45, 2.75) is 58.7 Å². The molecule has 28 heavy (non-hydrogen) atoms. The molecule has 0 bridgehead atoms. The minimum absolute atomic E-state index is 0.0123. The number of nitrogens with zero attached hydrogens (tertiary/aromatic N) is 2. The van der Waals surface area contributed by atoms with Crippen LogP contribution < -0.4 is 22.3 Å². The van der Waals surface area contributed by atoms with Crippen LogP contribution in [0.3, 0.4) is 0 Å². The average Bonchev–Trinajstić information content (AvgIpc) is 3.12. The minimum Gasteiger partial charge on any atom is -0.368 e. The van der Waals surface area contributed by atoms with Crippen LogP contribution in [0.5, 0.6) is 0 Å². The first-order valence-corrected chi connectivity index (χ1v) is 10.5. The van der Waals surface area contributed by atoms with Crippen molar-refractivity contribution in [2.75, 3.05) is 0 Å². The Labute approximate surface area is 166 Å². The van der Waals surface area contributed by atoms with Crippen LogP contribution in [0, 0.1) is 11.8 Å². The maximum Gasteiger partial charge on any atom is 0.332 e. The van der Waals surface area contributed by atoms with Gasteiger partial charge in [0, 0.05) is 18.5 Å². The number of carbonyl (C=O) groups excluding carboxylic acids is 2. The van der Waals surface area contributed by atoms with E-state index in [-0.39, 0.29) is 35.9 Å². The Morgan fingerprint density at radius 3 is 2.50 bits per heavy atom. The summed E-state index contributed by atoms with van der Waals surface area (Å²) >= 11 is 1.25. The van der Waals surface area contributed by atoms with Crippen LogP contribution in [0.25, 0.3) is 10.2 Å². The lowest BCUT2D eigenvalue weighted by Crippen LogP contribution is -2.43. The summed E-state index contributed by atoms with van der Waals surface area (Å²) in [7, 11) is 0. The number of amides is 2. The Morgan fingerprint density at radius 1 is 1.21 bits per heavy atom. The predicted molar refractivity (Wildman–Crippen MR) is 108 cm³/mol. The summed E-state index contributed by atoms with van der Waals surface area (Å²) < 4.78 is 2.95. The molecule has 2 aromatic rings. The molecule has 8 nitrogen and oxygen atoms in total. The Hall–Kier alpha value is -2.42. The highest BCUT2D eigenvalue weighted by Gasteiger charge is 2.28. The third-order valence-electron chi connectivity index (χ3n) is 5.24. The molecule has 1 aliphatic carbocycles. The van der Waals surface area contributed by atoms with E-state index in [9.17, 15) is 19.2 Å². The zero-order valence-electron chi connectivity index (χ0n) is 16.1. The molecule has 0 spiro atoms. The lowest BCUT2D eigenvalue weighted by molar-refractivity contribution is -0.126. The van der Waals surface area contributed by atoms with Gasteiger partial charge in [-0.25, -0.2) is 4.79 Å². The van der Waals surface area contributed by atoms with Gasteiger partial charge in [-0.2, -0.15) is 0 Å². The van der Waals surface area contributed by atoms with E-state index in [1.54, 1.807) is 11.4 Å². The topological polar surface area (TPSA) is 116 Å². The van der Waals surface area contributed by atoms with Gasteiger partial charge < -0.3 is 11.1 Å². The van der Waals surface area contributed by atoms with Crippen molar-refractivity contribution >= 4 is 33.4 Å². The van der Waals surface area contributed by atoms with Crippen LogP contribution in [0.2, 0.25) is 0 Å². The van der Waals surface area contributed by atoms with Crippen LogP contribution in [0.4, 0.5) is 0 Å². The Bertz CT molecular complexity index is 996. The van der Waals surface area contributed by atoms with Crippen molar-refractivity contribution in [1.82, 2.24) is 14.5 Å². The minimum atomic E-state index is -0.628. The molecule has 3 N–H and O–H groups in total. The molecule has 1 aliphatic rings. The van der Waals surface area contributed by atoms with Gasteiger partial charge in [0.25, 0.3) is 5.56 Å². The third kappa shape index (κ3) is 4.19. The summed E-state index contributed by atoms with van der Waals surface area (Å²) in [6, 6.07) is 1.78. The first-order valence-electron chi connectivity index (χ1n) is 9.57. The van der Waals surface area contributed by atoms with E-state index in [0.29, 0.717) is 16.8 Å². The normalized spacial score (nSPS) is 19.8. The number of hydrogen-bond donors (Lipinski definition) is 2. The molecule has 0 aliphatic heterocycles. The number of thiophene rings is 1. The predicted octanol–water partition coefficient (Wildman–Crippen LogP) is 1.04. The summed E-state index contributed by atoms with van der Waals surface area (Å²) in [5.74, 6) is -0.416. The number of nitrogens with two attached hydrogens (primary N) is 1. The number of nitrogens with one attached hydrogen (secondary N) is 1. The molecule has 0 radical (unpaired) electrons. The monoisotopic (exact) mass is 406 g/mol.